The molecule has 0 aromatic heterocycles. The Morgan fingerprint density at radius 2 is 1.70 bits per heavy atom. The van der Waals surface area contributed by atoms with Gasteiger partial charge in [0, 0.05) is 17.4 Å². The van der Waals surface area contributed by atoms with Gasteiger partial charge in [-0.1, -0.05) is 13.8 Å². The Bertz CT molecular complexity index is 400. The second-order valence-corrected chi connectivity index (χ2v) is 9.22. The molecule has 0 amide bonds. The van der Waals surface area contributed by atoms with Crippen LogP contribution >= 0.6 is 11.8 Å². The van der Waals surface area contributed by atoms with Gasteiger partial charge >= 0.3 is 5.51 Å². The summed E-state index contributed by atoms with van der Waals surface area (Å²) in [6.07, 6.45) is 0. The molecule has 0 aromatic carbocycles. The summed E-state index contributed by atoms with van der Waals surface area (Å²) in [4.78, 5) is 11.4. The van der Waals surface area contributed by atoms with Crippen LogP contribution in [0, 0.1) is 5.92 Å². The van der Waals surface area contributed by atoms with Gasteiger partial charge in [-0.15, -0.1) is 0 Å². The minimum absolute atomic E-state index is 0.243. The van der Waals surface area contributed by atoms with Crippen LogP contribution in [0.2, 0.25) is 0 Å². The van der Waals surface area contributed by atoms with Gasteiger partial charge < -0.3 is 4.55 Å². The SMILES string of the molecule is CC(C)C(=O)C[S+]1CCSCC1.O=S(=O)([O-])C(F)(F)F. The van der Waals surface area contributed by atoms with Crippen LogP contribution < -0.4 is 0 Å². The van der Waals surface area contributed by atoms with Gasteiger partial charge in [-0.3, -0.25) is 4.79 Å². The summed E-state index contributed by atoms with van der Waals surface area (Å²) < 4.78 is 58.9. The summed E-state index contributed by atoms with van der Waals surface area (Å²) in [5.74, 6) is 6.67. The van der Waals surface area contributed by atoms with Crippen molar-refractivity contribution in [2.75, 3.05) is 28.8 Å². The Morgan fingerprint density at radius 3 is 2.00 bits per heavy atom. The van der Waals surface area contributed by atoms with E-state index in [1.807, 2.05) is 25.6 Å². The predicted octanol–water partition coefficient (Wildman–Crippen LogP) is 1.63. The standard InChI is InChI=1S/C9H17OS2.CHF3O3S/c1-8(2)9(10)7-12-5-3-11-4-6-12;2-1(3,4)8(5,6)7/h8H,3-7H2,1-2H3;(H,5,6,7)/q+1;/p-1. The van der Waals surface area contributed by atoms with Gasteiger partial charge in [-0.25, -0.2) is 8.42 Å². The third-order valence-electron chi connectivity index (χ3n) is 2.31. The van der Waals surface area contributed by atoms with E-state index in [0.29, 0.717) is 16.7 Å². The average molecular weight is 354 g/mol. The number of halogens is 3. The highest BCUT2D eigenvalue weighted by Crippen LogP contribution is 2.20. The fraction of sp³-hybridized carbons (Fsp3) is 0.900. The van der Waals surface area contributed by atoms with E-state index in [9.17, 15) is 18.0 Å². The van der Waals surface area contributed by atoms with E-state index in [2.05, 4.69) is 0 Å². The molecule has 0 bridgehead atoms. The molecule has 0 saturated carbocycles. The van der Waals surface area contributed by atoms with Crippen LogP contribution in [-0.4, -0.2) is 53.0 Å². The monoisotopic (exact) mass is 354 g/mol. The fourth-order valence-electron chi connectivity index (χ4n) is 1.07. The van der Waals surface area contributed by atoms with Crippen LogP contribution in [0.3, 0.4) is 0 Å². The van der Waals surface area contributed by atoms with Crippen LogP contribution in [0.5, 0.6) is 0 Å². The third-order valence-corrected chi connectivity index (χ3v) is 6.63. The fourth-order valence-corrected chi connectivity index (χ4v) is 5.33. The molecule has 0 N–H and O–H groups in total. The van der Waals surface area contributed by atoms with Gasteiger partial charge in [-0.05, 0) is 10.9 Å². The summed E-state index contributed by atoms with van der Waals surface area (Å²) in [5, 5.41) is 0. The molecule has 1 aliphatic heterocycles. The summed E-state index contributed by atoms with van der Waals surface area (Å²) in [7, 11) is -5.66. The van der Waals surface area contributed by atoms with Crippen molar-refractivity contribution in [1.29, 1.82) is 0 Å². The molecule has 1 heterocycles. The molecule has 1 fully saturated rings. The zero-order chi connectivity index (χ0) is 16.0. The van der Waals surface area contributed by atoms with Gasteiger partial charge in [0.05, 0.1) is 0 Å². The number of carbonyl (C=O) groups is 1. The van der Waals surface area contributed by atoms with Crippen molar-refractivity contribution in [2.45, 2.75) is 19.4 Å². The number of ketones is 1. The average Bonchev–Trinajstić information content (AvgIpc) is 2.28. The number of Topliss-reactive ketones (excluding diaryl/α,β-unsaturated/α-hetero) is 1. The number of carbonyl (C=O) groups excluding carboxylic acids is 1. The second kappa shape index (κ2) is 8.50. The molecule has 1 rings (SSSR count). The van der Waals surface area contributed by atoms with Gasteiger partial charge in [-0.2, -0.15) is 24.9 Å². The van der Waals surface area contributed by atoms with Crippen molar-refractivity contribution in [3.63, 3.8) is 0 Å². The molecule has 10 heteroatoms. The summed E-state index contributed by atoms with van der Waals surface area (Å²) in [6, 6.07) is 0. The van der Waals surface area contributed by atoms with E-state index < -0.39 is 15.6 Å². The van der Waals surface area contributed by atoms with E-state index in [-0.39, 0.29) is 5.92 Å². The van der Waals surface area contributed by atoms with E-state index >= 15 is 0 Å². The first kappa shape index (κ1) is 20.1. The first-order chi connectivity index (χ1) is 8.95. The minimum Gasteiger partial charge on any atom is -0.741 e. The molecule has 1 saturated heterocycles. The Balaban J connectivity index is 0.000000396. The van der Waals surface area contributed by atoms with Crippen molar-refractivity contribution in [3.05, 3.63) is 0 Å². The highest BCUT2D eigenvalue weighted by Gasteiger charge is 2.36. The van der Waals surface area contributed by atoms with E-state index in [4.69, 9.17) is 13.0 Å². The highest BCUT2D eigenvalue weighted by atomic mass is 32.2. The van der Waals surface area contributed by atoms with Crippen LogP contribution in [0.25, 0.3) is 0 Å². The summed E-state index contributed by atoms with van der Waals surface area (Å²) >= 11 is 2.03. The Hall–Kier alpha value is 0.0700. The zero-order valence-electron chi connectivity index (χ0n) is 11.1. The Morgan fingerprint density at radius 1 is 1.30 bits per heavy atom. The van der Waals surface area contributed by atoms with Gasteiger partial charge in [0.1, 0.15) is 11.5 Å². The van der Waals surface area contributed by atoms with Crippen molar-refractivity contribution in [3.8, 4) is 0 Å². The molecule has 0 aromatic rings. The van der Waals surface area contributed by atoms with Crippen LogP contribution in [0.15, 0.2) is 0 Å². The number of thioether (sulfide) groups is 1. The molecule has 4 nitrogen and oxygen atoms in total. The lowest BCUT2D eigenvalue weighted by Gasteiger charge is -2.13. The predicted molar refractivity (Wildman–Crippen MR) is 74.9 cm³/mol. The van der Waals surface area contributed by atoms with E-state index in [1.54, 1.807) is 0 Å². The Kier molecular flexibility index (Phi) is 8.53. The minimum atomic E-state index is -6.09. The van der Waals surface area contributed by atoms with Crippen LogP contribution in [0.4, 0.5) is 13.2 Å². The topological polar surface area (TPSA) is 74.3 Å². The Labute approximate surface area is 124 Å². The second-order valence-electron chi connectivity index (χ2n) is 4.30. The maximum Gasteiger partial charge on any atom is 0.485 e. The number of rotatable bonds is 3. The van der Waals surface area contributed by atoms with Gasteiger partial charge in [0.15, 0.2) is 21.7 Å². The van der Waals surface area contributed by atoms with Crippen LogP contribution in [-0.2, 0) is 25.8 Å². The maximum absolute atomic E-state index is 11.4. The molecule has 0 radical (unpaired) electrons. The normalized spacial score (nSPS) is 17.6. The van der Waals surface area contributed by atoms with Crippen molar-refractivity contribution in [2.24, 2.45) is 5.92 Å². The molecular weight excluding hydrogens is 337 g/mol. The van der Waals surface area contributed by atoms with Crippen molar-refractivity contribution in [1.82, 2.24) is 0 Å². The number of hydrogen-bond acceptors (Lipinski definition) is 5. The smallest absolute Gasteiger partial charge is 0.485 e. The first-order valence-corrected chi connectivity index (χ1v) is 10.0. The molecule has 0 atom stereocenters. The summed E-state index contributed by atoms with van der Waals surface area (Å²) in [6.45, 7) is 4.01. The number of alkyl halides is 3. The summed E-state index contributed by atoms with van der Waals surface area (Å²) in [5.41, 5.74) is -5.65. The molecule has 1 aliphatic rings. The first-order valence-electron chi connectivity index (χ1n) is 5.72. The lowest BCUT2D eigenvalue weighted by Crippen LogP contribution is -2.29. The lowest BCUT2D eigenvalue weighted by molar-refractivity contribution is -0.119. The van der Waals surface area contributed by atoms with Gasteiger partial charge in [0.2, 0.25) is 0 Å². The molecular formula is C10H17F3O4S3. The quantitative estimate of drug-likeness (QED) is 0.437. The van der Waals surface area contributed by atoms with Gasteiger partial charge in [0.25, 0.3) is 0 Å². The van der Waals surface area contributed by atoms with E-state index in [0.717, 1.165) is 5.75 Å². The third kappa shape index (κ3) is 8.38. The van der Waals surface area contributed by atoms with E-state index in [1.165, 1.54) is 23.0 Å². The van der Waals surface area contributed by atoms with Crippen molar-refractivity contribution < 1.29 is 30.9 Å². The molecule has 0 unspecified atom stereocenters. The molecule has 120 valence electrons. The molecule has 0 aliphatic carbocycles. The highest BCUT2D eigenvalue weighted by molar-refractivity contribution is 8.05. The maximum atomic E-state index is 11.4. The zero-order valence-corrected chi connectivity index (χ0v) is 13.6. The largest absolute Gasteiger partial charge is 0.741 e. The lowest BCUT2D eigenvalue weighted by atomic mass is 10.1. The van der Waals surface area contributed by atoms with Crippen molar-refractivity contribution >= 4 is 38.6 Å². The molecule has 0 spiro atoms. The molecule has 20 heavy (non-hydrogen) atoms. The number of hydrogen-bond donors (Lipinski definition) is 0. The van der Waals surface area contributed by atoms with Crippen LogP contribution in [0.1, 0.15) is 13.8 Å².